The van der Waals surface area contributed by atoms with Crippen molar-refractivity contribution in [2.45, 2.75) is 50.5 Å². The maximum Gasteiger partial charge on any atom is 0.534 e. The molecule has 1 aromatic carbocycles. The van der Waals surface area contributed by atoms with E-state index in [-0.39, 0.29) is 5.75 Å². The van der Waals surface area contributed by atoms with Crippen molar-refractivity contribution in [3.05, 3.63) is 29.8 Å². The highest BCUT2D eigenvalue weighted by Crippen LogP contribution is 2.37. The molecule has 0 aliphatic heterocycles. The normalized spacial score (nSPS) is 23.3. The molecule has 1 fully saturated rings. The summed E-state index contributed by atoms with van der Waals surface area (Å²) in [4.78, 5) is 0. The number of halogens is 3. The highest BCUT2D eigenvalue weighted by Gasteiger charge is 2.48. The molecular weight excluding hydrogens is 317 g/mol. The van der Waals surface area contributed by atoms with Crippen molar-refractivity contribution >= 4 is 10.1 Å². The van der Waals surface area contributed by atoms with Crippen molar-refractivity contribution in [2.24, 2.45) is 5.92 Å². The van der Waals surface area contributed by atoms with Gasteiger partial charge in [-0.05, 0) is 55.2 Å². The molecule has 0 amide bonds. The van der Waals surface area contributed by atoms with Crippen molar-refractivity contribution in [3.8, 4) is 5.75 Å². The average molecular weight is 336 g/mol. The highest BCUT2D eigenvalue weighted by molar-refractivity contribution is 7.87. The van der Waals surface area contributed by atoms with E-state index in [1.165, 1.54) is 18.6 Å². The van der Waals surface area contributed by atoms with E-state index < -0.39 is 15.6 Å². The SMILES string of the molecule is CCC1CCC(c2ccc(OS(=O)(=O)C(F)(F)F)cc2)CC1. The van der Waals surface area contributed by atoms with Gasteiger partial charge in [0, 0.05) is 0 Å². The lowest BCUT2D eigenvalue weighted by molar-refractivity contribution is -0.0500. The van der Waals surface area contributed by atoms with Crippen LogP contribution in [0.2, 0.25) is 0 Å². The number of alkyl halides is 3. The number of rotatable bonds is 4. The summed E-state index contributed by atoms with van der Waals surface area (Å²) in [6.07, 6.45) is 5.59. The van der Waals surface area contributed by atoms with Gasteiger partial charge in [0.05, 0.1) is 0 Å². The molecule has 0 spiro atoms. The quantitative estimate of drug-likeness (QED) is 0.596. The summed E-state index contributed by atoms with van der Waals surface area (Å²) < 4.78 is 62.7. The standard InChI is InChI=1S/C15H19F3O3S/c1-2-11-3-5-12(6-4-11)13-7-9-14(10-8-13)21-22(19,20)15(16,17)18/h7-12H,2-6H2,1H3. The molecular formula is C15H19F3O3S. The van der Waals surface area contributed by atoms with Crippen LogP contribution in [0.4, 0.5) is 13.2 Å². The predicted octanol–water partition coefficient (Wildman–Crippen LogP) is 4.60. The molecule has 7 heteroatoms. The Kier molecular flexibility index (Phi) is 5.04. The second-order valence-corrected chi connectivity index (χ2v) is 7.22. The Morgan fingerprint density at radius 3 is 2.09 bits per heavy atom. The molecule has 0 bridgehead atoms. The molecule has 0 radical (unpaired) electrons. The fourth-order valence-electron chi connectivity index (χ4n) is 2.87. The first kappa shape index (κ1) is 17.1. The molecule has 0 atom stereocenters. The Labute approximate surface area is 128 Å². The lowest BCUT2D eigenvalue weighted by atomic mass is 9.78. The molecule has 0 saturated heterocycles. The van der Waals surface area contributed by atoms with Crippen LogP contribution in [0.25, 0.3) is 0 Å². The number of hydrogen-bond acceptors (Lipinski definition) is 3. The summed E-state index contributed by atoms with van der Waals surface area (Å²) in [5.41, 5.74) is -4.39. The van der Waals surface area contributed by atoms with Crippen molar-refractivity contribution in [1.29, 1.82) is 0 Å². The fourth-order valence-corrected chi connectivity index (χ4v) is 3.33. The highest BCUT2D eigenvalue weighted by atomic mass is 32.2. The second kappa shape index (κ2) is 6.48. The third kappa shape index (κ3) is 3.94. The molecule has 0 aromatic heterocycles. The lowest BCUT2D eigenvalue weighted by Crippen LogP contribution is -2.28. The van der Waals surface area contributed by atoms with Crippen LogP contribution in [0.15, 0.2) is 24.3 Å². The molecule has 0 unspecified atom stereocenters. The molecule has 1 aromatic rings. The van der Waals surface area contributed by atoms with Gasteiger partial charge in [-0.2, -0.15) is 21.6 Å². The molecule has 2 rings (SSSR count). The summed E-state index contributed by atoms with van der Waals surface area (Å²) in [5, 5.41) is 0. The van der Waals surface area contributed by atoms with Crippen LogP contribution < -0.4 is 4.18 Å². The summed E-state index contributed by atoms with van der Waals surface area (Å²) >= 11 is 0. The first-order valence-corrected chi connectivity index (χ1v) is 8.74. The van der Waals surface area contributed by atoms with Gasteiger partial charge in [0.15, 0.2) is 0 Å². The van der Waals surface area contributed by atoms with Crippen LogP contribution in [0.5, 0.6) is 5.75 Å². The van der Waals surface area contributed by atoms with E-state index in [0.717, 1.165) is 37.2 Å². The van der Waals surface area contributed by atoms with Gasteiger partial charge in [-0.15, -0.1) is 0 Å². The molecule has 0 N–H and O–H groups in total. The zero-order valence-electron chi connectivity index (χ0n) is 12.3. The van der Waals surface area contributed by atoms with Crippen molar-refractivity contribution in [1.82, 2.24) is 0 Å². The molecule has 1 aliphatic carbocycles. The third-order valence-corrected chi connectivity index (χ3v) is 5.24. The van der Waals surface area contributed by atoms with Crippen LogP contribution in [0.1, 0.15) is 50.5 Å². The summed E-state index contributed by atoms with van der Waals surface area (Å²) in [7, 11) is -5.60. The predicted molar refractivity (Wildman–Crippen MR) is 77.0 cm³/mol. The van der Waals surface area contributed by atoms with Crippen LogP contribution in [0, 0.1) is 5.92 Å². The summed E-state index contributed by atoms with van der Waals surface area (Å²) in [6.45, 7) is 2.18. The molecule has 1 saturated carbocycles. The zero-order valence-corrected chi connectivity index (χ0v) is 13.1. The minimum atomic E-state index is -5.60. The number of hydrogen-bond donors (Lipinski definition) is 0. The Morgan fingerprint density at radius 2 is 1.64 bits per heavy atom. The molecule has 124 valence electrons. The van der Waals surface area contributed by atoms with Crippen LogP contribution in [-0.2, 0) is 10.1 Å². The first-order valence-electron chi connectivity index (χ1n) is 7.33. The maximum atomic E-state index is 12.2. The van der Waals surface area contributed by atoms with E-state index in [9.17, 15) is 21.6 Å². The summed E-state index contributed by atoms with van der Waals surface area (Å²) in [5.74, 6) is 0.829. The molecule has 22 heavy (non-hydrogen) atoms. The number of benzene rings is 1. The van der Waals surface area contributed by atoms with E-state index >= 15 is 0 Å². The minimum absolute atomic E-state index is 0.316. The Bertz CT molecular complexity index is 585. The van der Waals surface area contributed by atoms with Gasteiger partial charge in [0.1, 0.15) is 5.75 Å². The van der Waals surface area contributed by atoms with Gasteiger partial charge < -0.3 is 4.18 Å². The topological polar surface area (TPSA) is 43.4 Å². The Morgan fingerprint density at radius 1 is 1.09 bits per heavy atom. The lowest BCUT2D eigenvalue weighted by Gasteiger charge is -2.28. The monoisotopic (exact) mass is 336 g/mol. The van der Waals surface area contributed by atoms with Gasteiger partial charge in [-0.3, -0.25) is 0 Å². The van der Waals surface area contributed by atoms with Crippen molar-refractivity contribution in [3.63, 3.8) is 0 Å². The van der Waals surface area contributed by atoms with E-state index in [1.807, 2.05) is 0 Å². The molecule has 3 nitrogen and oxygen atoms in total. The van der Waals surface area contributed by atoms with Crippen molar-refractivity contribution < 1.29 is 25.8 Å². The first-order chi connectivity index (χ1) is 10.2. The average Bonchev–Trinajstić information content (AvgIpc) is 2.47. The van der Waals surface area contributed by atoms with Gasteiger partial charge in [-0.1, -0.05) is 25.5 Å². The van der Waals surface area contributed by atoms with E-state index in [2.05, 4.69) is 11.1 Å². The van der Waals surface area contributed by atoms with Crippen molar-refractivity contribution in [2.75, 3.05) is 0 Å². The maximum absolute atomic E-state index is 12.2. The Balaban J connectivity index is 2.02. The fraction of sp³-hybridized carbons (Fsp3) is 0.600. The summed E-state index contributed by atoms with van der Waals surface area (Å²) in [6, 6.07) is 5.87. The largest absolute Gasteiger partial charge is 0.534 e. The third-order valence-electron chi connectivity index (χ3n) is 4.27. The van der Waals surface area contributed by atoms with Gasteiger partial charge in [0.25, 0.3) is 0 Å². The second-order valence-electron chi connectivity index (χ2n) is 5.68. The Hall–Kier alpha value is -1.24. The van der Waals surface area contributed by atoms with Gasteiger partial charge >= 0.3 is 15.6 Å². The van der Waals surface area contributed by atoms with E-state index in [0.29, 0.717) is 5.92 Å². The van der Waals surface area contributed by atoms with E-state index in [4.69, 9.17) is 0 Å². The van der Waals surface area contributed by atoms with Gasteiger partial charge in [0.2, 0.25) is 0 Å². The molecule has 0 heterocycles. The van der Waals surface area contributed by atoms with Crippen LogP contribution in [0.3, 0.4) is 0 Å². The minimum Gasteiger partial charge on any atom is -0.376 e. The van der Waals surface area contributed by atoms with Crippen LogP contribution >= 0.6 is 0 Å². The van der Waals surface area contributed by atoms with Gasteiger partial charge in [-0.25, -0.2) is 0 Å². The zero-order chi connectivity index (χ0) is 16.4. The van der Waals surface area contributed by atoms with Crippen LogP contribution in [-0.4, -0.2) is 13.9 Å². The smallest absolute Gasteiger partial charge is 0.376 e. The molecule has 1 aliphatic rings. The van der Waals surface area contributed by atoms with E-state index in [1.54, 1.807) is 12.1 Å².